The van der Waals surface area contributed by atoms with E-state index in [-0.39, 0.29) is 10.6 Å². The van der Waals surface area contributed by atoms with Crippen molar-refractivity contribution in [2.75, 3.05) is 17.7 Å². The second-order valence-electron chi connectivity index (χ2n) is 4.49. The molecular weight excluding hydrogens is 328 g/mol. The Labute approximate surface area is 135 Å². The molecule has 0 aliphatic rings. The molecular formula is C15H12ClF2N3O2. The molecule has 0 saturated carbocycles. The Balaban J connectivity index is 2.19. The fraction of sp³-hybridized carbons (Fsp3) is 0.0667. The maximum Gasteiger partial charge on any atom is 0.318 e. The molecule has 0 aliphatic heterocycles. The molecule has 0 fully saturated rings. The van der Waals surface area contributed by atoms with Gasteiger partial charge in [0, 0.05) is 18.4 Å². The Morgan fingerprint density at radius 3 is 2.26 bits per heavy atom. The first kappa shape index (κ1) is 16.7. The predicted molar refractivity (Wildman–Crippen MR) is 83.8 cm³/mol. The number of anilines is 2. The van der Waals surface area contributed by atoms with E-state index >= 15 is 0 Å². The van der Waals surface area contributed by atoms with E-state index in [9.17, 15) is 18.4 Å². The molecule has 120 valence electrons. The smallest absolute Gasteiger partial charge is 0.318 e. The molecule has 0 aromatic heterocycles. The van der Waals surface area contributed by atoms with Gasteiger partial charge in [0.1, 0.15) is 0 Å². The van der Waals surface area contributed by atoms with Crippen molar-refractivity contribution in [1.29, 1.82) is 0 Å². The number of carbonyl (C=O) groups excluding carboxylic acids is 2. The molecule has 0 heterocycles. The zero-order valence-electron chi connectivity index (χ0n) is 11.9. The van der Waals surface area contributed by atoms with E-state index in [0.717, 1.165) is 12.1 Å². The lowest BCUT2D eigenvalue weighted by molar-refractivity contribution is 0.102. The third-order valence-corrected chi connectivity index (χ3v) is 3.17. The molecule has 5 nitrogen and oxygen atoms in total. The van der Waals surface area contributed by atoms with Crippen molar-refractivity contribution in [3.8, 4) is 0 Å². The molecule has 3 N–H and O–H groups in total. The lowest BCUT2D eigenvalue weighted by Gasteiger charge is -2.09. The molecule has 2 aromatic rings. The average molecular weight is 340 g/mol. The van der Waals surface area contributed by atoms with Crippen LogP contribution in [0, 0.1) is 11.6 Å². The Kier molecular flexibility index (Phi) is 5.13. The molecule has 0 bridgehead atoms. The van der Waals surface area contributed by atoms with Crippen LogP contribution in [0.25, 0.3) is 0 Å². The third kappa shape index (κ3) is 4.17. The monoisotopic (exact) mass is 339 g/mol. The number of rotatable bonds is 3. The van der Waals surface area contributed by atoms with Gasteiger partial charge >= 0.3 is 6.03 Å². The summed E-state index contributed by atoms with van der Waals surface area (Å²) in [6.07, 6.45) is 0. The summed E-state index contributed by atoms with van der Waals surface area (Å²) >= 11 is 5.75. The van der Waals surface area contributed by atoms with Crippen LogP contribution in [-0.4, -0.2) is 19.0 Å². The summed E-state index contributed by atoms with van der Waals surface area (Å²) in [6.45, 7) is 0. The molecule has 0 spiro atoms. The van der Waals surface area contributed by atoms with Crippen molar-refractivity contribution >= 4 is 34.9 Å². The zero-order valence-corrected chi connectivity index (χ0v) is 12.7. The number of nitrogens with one attached hydrogen (secondary N) is 3. The van der Waals surface area contributed by atoms with Crippen molar-refractivity contribution in [1.82, 2.24) is 5.32 Å². The predicted octanol–water partition coefficient (Wildman–Crippen LogP) is 3.62. The Morgan fingerprint density at radius 1 is 1.00 bits per heavy atom. The minimum atomic E-state index is -1.17. The van der Waals surface area contributed by atoms with E-state index in [1.807, 2.05) is 0 Å². The van der Waals surface area contributed by atoms with Gasteiger partial charge in [-0.1, -0.05) is 17.7 Å². The number of urea groups is 1. The summed E-state index contributed by atoms with van der Waals surface area (Å²) in [4.78, 5) is 23.3. The fourth-order valence-corrected chi connectivity index (χ4v) is 2.00. The first-order valence-electron chi connectivity index (χ1n) is 6.45. The second-order valence-corrected chi connectivity index (χ2v) is 4.89. The van der Waals surface area contributed by atoms with Crippen LogP contribution in [0.15, 0.2) is 36.4 Å². The standard InChI is InChI=1S/C15H12ClF2N3O2/c1-19-15(23)21-9-4-2-3-8(5-9)20-14(22)10-6-12(17)13(18)7-11(10)16/h2-7H,1H3,(H,20,22)(H2,19,21,23). The average Bonchev–Trinajstić information content (AvgIpc) is 2.51. The summed E-state index contributed by atoms with van der Waals surface area (Å²) in [7, 11) is 1.46. The molecule has 0 radical (unpaired) electrons. The van der Waals surface area contributed by atoms with Crippen LogP contribution in [0.1, 0.15) is 10.4 Å². The van der Waals surface area contributed by atoms with Gasteiger partial charge in [0.2, 0.25) is 0 Å². The number of amides is 3. The Morgan fingerprint density at radius 2 is 1.61 bits per heavy atom. The van der Waals surface area contributed by atoms with Crippen molar-refractivity contribution in [2.24, 2.45) is 0 Å². The van der Waals surface area contributed by atoms with E-state index in [0.29, 0.717) is 11.4 Å². The van der Waals surface area contributed by atoms with Crippen LogP contribution >= 0.6 is 11.6 Å². The van der Waals surface area contributed by atoms with Crippen LogP contribution in [-0.2, 0) is 0 Å². The van der Waals surface area contributed by atoms with Crippen LogP contribution in [0.5, 0.6) is 0 Å². The minimum Gasteiger partial charge on any atom is -0.341 e. The first-order valence-corrected chi connectivity index (χ1v) is 6.83. The lowest BCUT2D eigenvalue weighted by Crippen LogP contribution is -2.24. The zero-order chi connectivity index (χ0) is 17.0. The van der Waals surface area contributed by atoms with Crippen LogP contribution in [0.4, 0.5) is 25.0 Å². The molecule has 0 unspecified atom stereocenters. The first-order chi connectivity index (χ1) is 10.9. The number of halogens is 3. The topological polar surface area (TPSA) is 70.2 Å². The van der Waals surface area contributed by atoms with Crippen molar-refractivity contribution in [3.63, 3.8) is 0 Å². The molecule has 3 amide bonds. The van der Waals surface area contributed by atoms with E-state index in [1.54, 1.807) is 18.2 Å². The fourth-order valence-electron chi connectivity index (χ4n) is 1.76. The summed E-state index contributed by atoms with van der Waals surface area (Å²) in [5, 5.41) is 7.21. The van der Waals surface area contributed by atoms with Gasteiger partial charge in [-0.25, -0.2) is 13.6 Å². The van der Waals surface area contributed by atoms with Gasteiger partial charge in [0.05, 0.1) is 10.6 Å². The number of benzene rings is 2. The largest absolute Gasteiger partial charge is 0.341 e. The highest BCUT2D eigenvalue weighted by atomic mass is 35.5. The van der Waals surface area contributed by atoms with E-state index in [1.165, 1.54) is 13.1 Å². The SMILES string of the molecule is CNC(=O)Nc1cccc(NC(=O)c2cc(F)c(F)cc2Cl)c1. The maximum absolute atomic E-state index is 13.2. The Hall–Kier alpha value is -2.67. The summed E-state index contributed by atoms with van der Waals surface area (Å²) in [5.41, 5.74) is 0.596. The van der Waals surface area contributed by atoms with Crippen LogP contribution in [0.3, 0.4) is 0 Å². The normalized spacial score (nSPS) is 10.1. The van der Waals surface area contributed by atoms with Gasteiger partial charge in [-0.15, -0.1) is 0 Å². The van der Waals surface area contributed by atoms with Crippen LogP contribution in [0.2, 0.25) is 5.02 Å². The van der Waals surface area contributed by atoms with Crippen molar-refractivity contribution in [3.05, 3.63) is 58.6 Å². The number of hydrogen-bond donors (Lipinski definition) is 3. The van der Waals surface area contributed by atoms with Crippen molar-refractivity contribution < 1.29 is 18.4 Å². The van der Waals surface area contributed by atoms with E-state index in [4.69, 9.17) is 11.6 Å². The van der Waals surface area contributed by atoms with Gasteiger partial charge in [-0.2, -0.15) is 0 Å². The minimum absolute atomic E-state index is 0.199. The summed E-state index contributed by atoms with van der Waals surface area (Å²) < 4.78 is 26.3. The number of hydrogen-bond acceptors (Lipinski definition) is 2. The molecule has 2 aromatic carbocycles. The number of carbonyl (C=O) groups is 2. The molecule has 8 heteroatoms. The van der Waals surface area contributed by atoms with Crippen LogP contribution < -0.4 is 16.0 Å². The van der Waals surface area contributed by atoms with Crippen molar-refractivity contribution in [2.45, 2.75) is 0 Å². The highest BCUT2D eigenvalue weighted by Crippen LogP contribution is 2.22. The molecule has 23 heavy (non-hydrogen) atoms. The molecule has 0 atom stereocenters. The van der Waals surface area contributed by atoms with Gasteiger partial charge in [0.25, 0.3) is 5.91 Å². The van der Waals surface area contributed by atoms with E-state index in [2.05, 4.69) is 16.0 Å². The summed E-state index contributed by atoms with van der Waals surface area (Å²) in [6, 6.07) is 7.33. The quantitative estimate of drug-likeness (QED) is 0.747. The highest BCUT2D eigenvalue weighted by molar-refractivity contribution is 6.34. The van der Waals surface area contributed by atoms with Gasteiger partial charge in [-0.05, 0) is 30.3 Å². The van der Waals surface area contributed by atoms with Gasteiger partial charge < -0.3 is 16.0 Å². The maximum atomic E-state index is 13.2. The third-order valence-electron chi connectivity index (χ3n) is 2.86. The second kappa shape index (κ2) is 7.06. The highest BCUT2D eigenvalue weighted by Gasteiger charge is 2.15. The van der Waals surface area contributed by atoms with Gasteiger partial charge in [-0.3, -0.25) is 4.79 Å². The summed E-state index contributed by atoms with van der Waals surface area (Å²) in [5.74, 6) is -3.01. The Bertz CT molecular complexity index is 768. The molecule has 0 saturated heterocycles. The van der Waals surface area contributed by atoms with E-state index < -0.39 is 23.6 Å². The molecule has 2 rings (SSSR count). The lowest BCUT2D eigenvalue weighted by atomic mass is 10.2. The van der Waals surface area contributed by atoms with Gasteiger partial charge in [0.15, 0.2) is 11.6 Å². The molecule has 0 aliphatic carbocycles.